The van der Waals surface area contributed by atoms with E-state index in [0.29, 0.717) is 17.2 Å². The monoisotopic (exact) mass is 642 g/mol. The van der Waals surface area contributed by atoms with Gasteiger partial charge in [-0.3, -0.25) is 0 Å². The highest BCUT2D eigenvalue weighted by Crippen LogP contribution is 2.40. The molecule has 0 atom stereocenters. The lowest BCUT2D eigenvalue weighted by Gasteiger charge is -2.09. The van der Waals surface area contributed by atoms with E-state index in [9.17, 15) is 0 Å². The maximum atomic E-state index is 6.53. The van der Waals surface area contributed by atoms with Crippen molar-refractivity contribution >= 4 is 44.0 Å². The van der Waals surface area contributed by atoms with Gasteiger partial charge in [0.05, 0.1) is 11.4 Å². The van der Waals surface area contributed by atoms with Gasteiger partial charge in [0, 0.05) is 44.0 Å². The molecule has 0 saturated heterocycles. The van der Waals surface area contributed by atoms with Crippen LogP contribution in [-0.4, -0.2) is 19.9 Å². The summed E-state index contributed by atoms with van der Waals surface area (Å²) < 4.78 is 12.9. The van der Waals surface area contributed by atoms with Gasteiger partial charge in [-0.2, -0.15) is 0 Å². The summed E-state index contributed by atoms with van der Waals surface area (Å²) in [5.74, 6) is 1.23. The minimum Gasteiger partial charge on any atom is -0.456 e. The first-order valence-electron chi connectivity index (χ1n) is 16.5. The standard InChI is InChI=1S/C44H26N4O2/c1-4-13-27(14-5-1)34-26-35(28-15-6-2-7-16-28)46-43(45-34)30-23-24-31-38(25-30)49-37-22-12-20-33(39(31)37)44-47-40(29-17-8-3-9-18-29)42-41(48-44)32-19-10-11-21-36(32)50-42/h1-26H. The SMILES string of the molecule is c1ccc(-c2cc(-c3ccccc3)nc(-c3ccc4c(c3)oc3cccc(-c5nc(-c6ccccc6)c6oc7ccccc7c6n5)c34)n2)cc1. The molecule has 0 radical (unpaired) electrons. The van der Waals surface area contributed by atoms with Crippen LogP contribution in [-0.2, 0) is 0 Å². The van der Waals surface area contributed by atoms with Gasteiger partial charge in [-0.1, -0.05) is 121 Å². The van der Waals surface area contributed by atoms with Crippen molar-refractivity contribution < 1.29 is 8.83 Å². The first-order chi connectivity index (χ1) is 24.8. The predicted octanol–water partition coefficient (Wildman–Crippen LogP) is 11.4. The molecule has 6 nitrogen and oxygen atoms in total. The molecule has 0 amide bonds. The molecule has 0 bridgehead atoms. The maximum absolute atomic E-state index is 6.53. The highest BCUT2D eigenvalue weighted by Gasteiger charge is 2.21. The van der Waals surface area contributed by atoms with Crippen molar-refractivity contribution in [2.75, 3.05) is 0 Å². The fourth-order valence-electron chi connectivity index (χ4n) is 6.74. The number of furan rings is 2. The Balaban J connectivity index is 1.16. The van der Waals surface area contributed by atoms with Crippen LogP contribution in [0.2, 0.25) is 0 Å². The van der Waals surface area contributed by atoms with Crippen molar-refractivity contribution in [2.45, 2.75) is 0 Å². The van der Waals surface area contributed by atoms with E-state index in [2.05, 4.69) is 42.5 Å². The van der Waals surface area contributed by atoms with Crippen LogP contribution in [0.5, 0.6) is 0 Å². The van der Waals surface area contributed by atoms with Crippen molar-refractivity contribution in [1.82, 2.24) is 19.9 Å². The van der Waals surface area contributed by atoms with Crippen LogP contribution < -0.4 is 0 Å². The van der Waals surface area contributed by atoms with Crippen LogP contribution in [0, 0.1) is 0 Å². The molecule has 0 spiro atoms. The van der Waals surface area contributed by atoms with Crippen molar-refractivity contribution in [3.8, 4) is 56.5 Å². The Kier molecular flexibility index (Phi) is 6.39. The normalized spacial score (nSPS) is 11.6. The van der Waals surface area contributed by atoms with Crippen molar-refractivity contribution in [3.05, 3.63) is 158 Å². The van der Waals surface area contributed by atoms with Crippen LogP contribution >= 0.6 is 0 Å². The Morgan fingerprint density at radius 3 is 1.74 bits per heavy atom. The lowest BCUT2D eigenvalue weighted by molar-refractivity contribution is 0.667. The summed E-state index contributed by atoms with van der Waals surface area (Å²) in [4.78, 5) is 20.3. The molecule has 234 valence electrons. The van der Waals surface area contributed by atoms with Crippen molar-refractivity contribution in [3.63, 3.8) is 0 Å². The fraction of sp³-hybridized carbons (Fsp3) is 0. The van der Waals surface area contributed by atoms with Crippen molar-refractivity contribution in [2.24, 2.45) is 0 Å². The largest absolute Gasteiger partial charge is 0.456 e. The van der Waals surface area contributed by atoms with Gasteiger partial charge in [-0.15, -0.1) is 0 Å². The van der Waals surface area contributed by atoms with E-state index in [1.54, 1.807) is 0 Å². The smallest absolute Gasteiger partial charge is 0.180 e. The summed E-state index contributed by atoms with van der Waals surface area (Å²) in [6, 6.07) is 52.8. The van der Waals surface area contributed by atoms with Gasteiger partial charge in [0.1, 0.15) is 28.0 Å². The molecule has 0 aliphatic rings. The molecule has 4 aromatic heterocycles. The average molecular weight is 643 g/mol. The number of benzene rings is 6. The van der Waals surface area contributed by atoms with Crippen LogP contribution in [0.1, 0.15) is 0 Å². The summed E-state index contributed by atoms with van der Waals surface area (Å²) in [6.07, 6.45) is 0. The molecule has 10 rings (SSSR count). The third-order valence-corrected chi connectivity index (χ3v) is 9.13. The number of nitrogens with zero attached hydrogens (tertiary/aromatic N) is 4. The van der Waals surface area contributed by atoms with E-state index >= 15 is 0 Å². The Morgan fingerprint density at radius 1 is 0.380 bits per heavy atom. The first-order valence-corrected chi connectivity index (χ1v) is 16.5. The van der Waals surface area contributed by atoms with E-state index in [1.807, 2.05) is 115 Å². The van der Waals surface area contributed by atoms with Gasteiger partial charge >= 0.3 is 0 Å². The minimum absolute atomic E-state index is 0.603. The van der Waals surface area contributed by atoms with Gasteiger partial charge in [0.25, 0.3) is 0 Å². The molecule has 10 aromatic rings. The van der Waals surface area contributed by atoms with Gasteiger partial charge in [-0.05, 0) is 36.4 Å². The summed E-state index contributed by atoms with van der Waals surface area (Å²) in [6.45, 7) is 0. The summed E-state index contributed by atoms with van der Waals surface area (Å²) >= 11 is 0. The number of hydrogen-bond acceptors (Lipinski definition) is 6. The molecule has 0 saturated carbocycles. The second kappa shape index (κ2) is 11.4. The topological polar surface area (TPSA) is 77.8 Å². The fourth-order valence-corrected chi connectivity index (χ4v) is 6.74. The minimum atomic E-state index is 0.603. The van der Waals surface area contributed by atoms with Crippen LogP contribution in [0.15, 0.2) is 167 Å². The van der Waals surface area contributed by atoms with Gasteiger partial charge in [-0.25, -0.2) is 19.9 Å². The average Bonchev–Trinajstić information content (AvgIpc) is 3.76. The Labute approximate surface area is 286 Å². The lowest BCUT2D eigenvalue weighted by atomic mass is 10.0. The van der Waals surface area contributed by atoms with Crippen LogP contribution in [0.25, 0.3) is 101 Å². The molecule has 50 heavy (non-hydrogen) atoms. The molecular weight excluding hydrogens is 617 g/mol. The van der Waals surface area contributed by atoms with E-state index < -0.39 is 0 Å². The molecular formula is C44H26N4O2. The zero-order valence-corrected chi connectivity index (χ0v) is 26.6. The van der Waals surface area contributed by atoms with E-state index in [0.717, 1.165) is 83.3 Å². The predicted molar refractivity (Wildman–Crippen MR) is 199 cm³/mol. The number of hydrogen-bond donors (Lipinski definition) is 0. The molecule has 4 heterocycles. The summed E-state index contributed by atoms with van der Waals surface area (Å²) in [5, 5.41) is 2.86. The maximum Gasteiger partial charge on any atom is 0.180 e. The Hall–Kier alpha value is -6.92. The number of fused-ring (bicyclic) bond motifs is 6. The second-order valence-electron chi connectivity index (χ2n) is 12.2. The number of rotatable bonds is 5. The highest BCUT2D eigenvalue weighted by molar-refractivity contribution is 6.13. The van der Waals surface area contributed by atoms with E-state index in [1.165, 1.54) is 0 Å². The van der Waals surface area contributed by atoms with Gasteiger partial charge in [0.2, 0.25) is 0 Å². The lowest BCUT2D eigenvalue weighted by Crippen LogP contribution is -1.96. The van der Waals surface area contributed by atoms with E-state index in [-0.39, 0.29) is 0 Å². The van der Waals surface area contributed by atoms with Crippen molar-refractivity contribution in [1.29, 1.82) is 0 Å². The van der Waals surface area contributed by atoms with Gasteiger partial charge < -0.3 is 8.83 Å². The Morgan fingerprint density at radius 2 is 1.02 bits per heavy atom. The molecule has 0 fully saturated rings. The van der Waals surface area contributed by atoms with Gasteiger partial charge in [0.15, 0.2) is 17.2 Å². The van der Waals surface area contributed by atoms with Crippen LogP contribution in [0.3, 0.4) is 0 Å². The zero-order chi connectivity index (χ0) is 33.0. The molecule has 6 aromatic carbocycles. The second-order valence-corrected chi connectivity index (χ2v) is 12.2. The molecule has 0 unspecified atom stereocenters. The Bertz CT molecular complexity index is 2800. The number of aromatic nitrogens is 4. The van der Waals surface area contributed by atoms with Crippen LogP contribution in [0.4, 0.5) is 0 Å². The quantitative estimate of drug-likeness (QED) is 0.186. The third kappa shape index (κ3) is 4.65. The summed E-state index contributed by atoms with van der Waals surface area (Å²) in [7, 11) is 0. The molecule has 0 aliphatic carbocycles. The highest BCUT2D eigenvalue weighted by atomic mass is 16.3. The summed E-state index contributed by atoms with van der Waals surface area (Å²) in [5.41, 5.74) is 10.9. The van der Waals surface area contributed by atoms with E-state index in [4.69, 9.17) is 28.8 Å². The zero-order valence-electron chi connectivity index (χ0n) is 26.6. The molecule has 0 aliphatic heterocycles. The first kappa shape index (κ1) is 28.1. The third-order valence-electron chi connectivity index (χ3n) is 9.13. The number of para-hydroxylation sites is 1. The molecule has 6 heteroatoms. The molecule has 0 N–H and O–H groups in total.